The Morgan fingerprint density at radius 2 is 2.03 bits per heavy atom. The highest BCUT2D eigenvalue weighted by Crippen LogP contribution is 2.35. The number of ether oxygens (including phenoxy) is 2. The molecule has 0 saturated heterocycles. The van der Waals surface area contributed by atoms with Crippen LogP contribution in [0.25, 0.3) is 21.6 Å². The van der Waals surface area contributed by atoms with Crippen LogP contribution in [-0.2, 0) is 17.6 Å². The summed E-state index contributed by atoms with van der Waals surface area (Å²) in [6.45, 7) is 1.77. The minimum absolute atomic E-state index is 0.117. The lowest BCUT2D eigenvalue weighted by Gasteiger charge is -2.12. The van der Waals surface area contributed by atoms with Crippen molar-refractivity contribution in [3.63, 3.8) is 0 Å². The summed E-state index contributed by atoms with van der Waals surface area (Å²) in [5.74, 6) is 0.148. The Bertz CT molecular complexity index is 1120. The molecule has 1 aromatic carbocycles. The SMILES string of the molecule is CCOc1cc(-c2nc3sc4c(c3c(=O)[nH]2)CCCCC4)ccc1OCC(=O)O. The second-order valence-corrected chi connectivity index (χ2v) is 8.02. The molecule has 1 aliphatic carbocycles. The van der Waals surface area contributed by atoms with E-state index in [1.807, 2.05) is 6.92 Å². The Balaban J connectivity index is 1.75. The van der Waals surface area contributed by atoms with Crippen molar-refractivity contribution in [2.75, 3.05) is 13.2 Å². The Kier molecular flexibility index (Phi) is 5.53. The van der Waals surface area contributed by atoms with E-state index in [1.54, 1.807) is 29.5 Å². The van der Waals surface area contributed by atoms with Crippen LogP contribution in [-0.4, -0.2) is 34.3 Å². The number of aromatic nitrogens is 2. The molecule has 4 rings (SSSR count). The highest BCUT2D eigenvalue weighted by molar-refractivity contribution is 7.18. The molecular formula is C21H22N2O5S. The zero-order valence-corrected chi connectivity index (χ0v) is 16.9. The smallest absolute Gasteiger partial charge is 0.341 e. The van der Waals surface area contributed by atoms with Crippen molar-refractivity contribution in [2.45, 2.75) is 39.0 Å². The minimum atomic E-state index is -1.06. The summed E-state index contributed by atoms with van der Waals surface area (Å²) < 4.78 is 10.9. The van der Waals surface area contributed by atoms with Gasteiger partial charge in [-0.1, -0.05) is 6.42 Å². The van der Waals surface area contributed by atoms with Gasteiger partial charge < -0.3 is 19.6 Å². The van der Waals surface area contributed by atoms with E-state index in [9.17, 15) is 9.59 Å². The number of carbonyl (C=O) groups is 1. The van der Waals surface area contributed by atoms with Gasteiger partial charge in [-0.3, -0.25) is 4.79 Å². The molecule has 0 atom stereocenters. The topological polar surface area (TPSA) is 102 Å². The van der Waals surface area contributed by atoms with Gasteiger partial charge in [-0.05, 0) is 56.4 Å². The summed E-state index contributed by atoms with van der Waals surface area (Å²) >= 11 is 1.61. The molecule has 0 saturated carbocycles. The third-order valence-corrected chi connectivity index (χ3v) is 6.13. The first kappa shape index (κ1) is 19.4. The van der Waals surface area contributed by atoms with Crippen LogP contribution in [0.4, 0.5) is 0 Å². The molecule has 0 radical (unpaired) electrons. The van der Waals surface area contributed by atoms with E-state index in [4.69, 9.17) is 19.6 Å². The Morgan fingerprint density at radius 1 is 1.21 bits per heavy atom. The van der Waals surface area contributed by atoms with Crippen molar-refractivity contribution in [1.82, 2.24) is 9.97 Å². The van der Waals surface area contributed by atoms with Crippen LogP contribution in [0.2, 0.25) is 0 Å². The fourth-order valence-electron chi connectivity index (χ4n) is 3.66. The van der Waals surface area contributed by atoms with Gasteiger partial charge in [-0.25, -0.2) is 9.78 Å². The maximum absolute atomic E-state index is 12.9. The molecule has 7 nitrogen and oxygen atoms in total. The number of carboxylic acid groups (broad SMARTS) is 1. The van der Waals surface area contributed by atoms with Crippen molar-refractivity contribution in [2.24, 2.45) is 0 Å². The molecule has 0 bridgehead atoms. The van der Waals surface area contributed by atoms with E-state index < -0.39 is 12.6 Å². The van der Waals surface area contributed by atoms with Gasteiger partial charge in [-0.2, -0.15) is 0 Å². The van der Waals surface area contributed by atoms with Gasteiger partial charge in [-0.15, -0.1) is 11.3 Å². The maximum Gasteiger partial charge on any atom is 0.341 e. The van der Waals surface area contributed by atoms with Crippen molar-refractivity contribution in [1.29, 1.82) is 0 Å². The quantitative estimate of drug-likeness (QED) is 0.595. The minimum Gasteiger partial charge on any atom is -0.490 e. The summed E-state index contributed by atoms with van der Waals surface area (Å²) in [6, 6.07) is 5.09. The number of thiophene rings is 1. The van der Waals surface area contributed by atoms with Gasteiger partial charge in [0.05, 0.1) is 12.0 Å². The van der Waals surface area contributed by atoms with Crippen LogP contribution in [0, 0.1) is 0 Å². The second kappa shape index (κ2) is 8.24. The van der Waals surface area contributed by atoms with Crippen LogP contribution >= 0.6 is 11.3 Å². The molecule has 152 valence electrons. The number of hydrogen-bond donors (Lipinski definition) is 2. The van der Waals surface area contributed by atoms with Gasteiger partial charge in [0.2, 0.25) is 0 Å². The maximum atomic E-state index is 12.9. The number of nitrogens with zero attached hydrogens (tertiary/aromatic N) is 1. The average molecular weight is 414 g/mol. The molecular weight excluding hydrogens is 392 g/mol. The molecule has 0 unspecified atom stereocenters. The average Bonchev–Trinajstić information content (AvgIpc) is 2.89. The first-order valence-corrected chi connectivity index (χ1v) is 10.5. The summed E-state index contributed by atoms with van der Waals surface area (Å²) in [5, 5.41) is 9.56. The van der Waals surface area contributed by atoms with Crippen molar-refractivity contribution < 1.29 is 19.4 Å². The van der Waals surface area contributed by atoms with E-state index in [0.717, 1.165) is 41.5 Å². The molecule has 0 amide bonds. The highest BCUT2D eigenvalue weighted by atomic mass is 32.1. The molecule has 0 aliphatic heterocycles. The normalized spacial score (nSPS) is 13.7. The molecule has 29 heavy (non-hydrogen) atoms. The number of aliphatic carboxylic acids is 1. The summed E-state index contributed by atoms with van der Waals surface area (Å²) in [4.78, 5) is 33.3. The van der Waals surface area contributed by atoms with E-state index >= 15 is 0 Å². The predicted molar refractivity (Wildman–Crippen MR) is 111 cm³/mol. The molecule has 2 heterocycles. The number of hydrogen-bond acceptors (Lipinski definition) is 6. The number of benzene rings is 1. The highest BCUT2D eigenvalue weighted by Gasteiger charge is 2.20. The van der Waals surface area contributed by atoms with Crippen LogP contribution in [0.15, 0.2) is 23.0 Å². The van der Waals surface area contributed by atoms with E-state index in [1.165, 1.54) is 11.3 Å². The number of H-pyrrole nitrogens is 1. The zero-order valence-electron chi connectivity index (χ0n) is 16.1. The fourth-order valence-corrected chi connectivity index (χ4v) is 4.92. The molecule has 1 aliphatic rings. The Labute approximate surface area is 171 Å². The first-order valence-electron chi connectivity index (χ1n) is 9.73. The second-order valence-electron chi connectivity index (χ2n) is 6.94. The van der Waals surface area contributed by atoms with Crippen molar-refractivity contribution in [3.05, 3.63) is 39.0 Å². The van der Waals surface area contributed by atoms with E-state index in [-0.39, 0.29) is 5.56 Å². The van der Waals surface area contributed by atoms with Crippen LogP contribution in [0.3, 0.4) is 0 Å². The molecule has 0 spiro atoms. The first-order chi connectivity index (χ1) is 14.1. The molecule has 3 aromatic rings. The van der Waals surface area contributed by atoms with Crippen LogP contribution < -0.4 is 15.0 Å². The van der Waals surface area contributed by atoms with Crippen molar-refractivity contribution in [3.8, 4) is 22.9 Å². The molecule has 8 heteroatoms. The van der Waals surface area contributed by atoms with Gasteiger partial charge in [0.25, 0.3) is 5.56 Å². The largest absolute Gasteiger partial charge is 0.490 e. The Hall–Kier alpha value is -2.87. The predicted octanol–water partition coefficient (Wildman–Crippen LogP) is 3.78. The van der Waals surface area contributed by atoms with E-state index in [0.29, 0.717) is 29.5 Å². The third-order valence-electron chi connectivity index (χ3n) is 4.94. The lowest BCUT2D eigenvalue weighted by molar-refractivity contribution is -0.139. The number of aromatic amines is 1. The molecule has 0 fully saturated rings. The standard InChI is InChI=1S/C21H22N2O5S/c1-2-27-15-10-12(8-9-14(15)28-11-17(24)25)19-22-20(26)18-13-6-4-3-5-7-16(13)29-21(18)23-19/h8-10H,2-7,11H2,1H3,(H,24,25)(H,22,23,26). The van der Waals surface area contributed by atoms with Gasteiger partial charge in [0.15, 0.2) is 18.1 Å². The fraction of sp³-hybridized carbons (Fsp3) is 0.381. The lowest BCUT2D eigenvalue weighted by atomic mass is 10.1. The summed E-state index contributed by atoms with van der Waals surface area (Å²) in [7, 11) is 0. The van der Waals surface area contributed by atoms with E-state index in [2.05, 4.69) is 4.98 Å². The van der Waals surface area contributed by atoms with Gasteiger partial charge in [0.1, 0.15) is 10.7 Å². The lowest BCUT2D eigenvalue weighted by Crippen LogP contribution is -2.11. The Morgan fingerprint density at radius 3 is 2.83 bits per heavy atom. The zero-order chi connectivity index (χ0) is 20.4. The molecule has 2 aromatic heterocycles. The number of nitrogens with one attached hydrogen (secondary N) is 1. The van der Waals surface area contributed by atoms with Crippen LogP contribution in [0.5, 0.6) is 11.5 Å². The molecule has 2 N–H and O–H groups in total. The number of rotatable bonds is 6. The number of fused-ring (bicyclic) bond motifs is 3. The third kappa shape index (κ3) is 3.98. The number of aryl methyl sites for hydroxylation is 2. The van der Waals surface area contributed by atoms with Crippen LogP contribution in [0.1, 0.15) is 36.6 Å². The van der Waals surface area contributed by atoms with Gasteiger partial charge in [0, 0.05) is 10.4 Å². The van der Waals surface area contributed by atoms with Crippen molar-refractivity contribution >= 4 is 27.5 Å². The number of carboxylic acids is 1. The summed E-state index contributed by atoms with van der Waals surface area (Å²) in [6.07, 6.45) is 5.40. The van der Waals surface area contributed by atoms with Gasteiger partial charge >= 0.3 is 5.97 Å². The monoisotopic (exact) mass is 414 g/mol. The summed E-state index contributed by atoms with van der Waals surface area (Å²) in [5.41, 5.74) is 1.72.